The highest BCUT2D eigenvalue weighted by atomic mass is 32.2. The summed E-state index contributed by atoms with van der Waals surface area (Å²) >= 11 is 0. The van der Waals surface area contributed by atoms with E-state index in [0.29, 0.717) is 22.7 Å². The van der Waals surface area contributed by atoms with Crippen LogP contribution in [0.25, 0.3) is 0 Å². The van der Waals surface area contributed by atoms with E-state index in [1.807, 2.05) is 6.92 Å². The fourth-order valence-corrected chi connectivity index (χ4v) is 4.44. The highest BCUT2D eigenvalue weighted by molar-refractivity contribution is 7.92. The first-order valence-electron chi connectivity index (χ1n) is 10.5. The minimum absolute atomic E-state index is 0.00632. The third-order valence-electron chi connectivity index (χ3n) is 5.04. The second-order valence-corrected chi connectivity index (χ2v) is 9.34. The number of carbonyl (C=O) groups excluding carboxylic acids is 2. The predicted molar refractivity (Wildman–Crippen MR) is 130 cm³/mol. The number of para-hydroxylation sites is 2. The largest absolute Gasteiger partial charge is 0.495 e. The lowest BCUT2D eigenvalue weighted by molar-refractivity contribution is -0.123. The molecule has 0 unspecified atom stereocenters. The molecule has 0 saturated heterocycles. The average Bonchev–Trinajstić information content (AvgIpc) is 2.80. The van der Waals surface area contributed by atoms with E-state index in [-0.39, 0.29) is 10.5 Å². The average molecular weight is 483 g/mol. The lowest BCUT2D eigenvalue weighted by Crippen LogP contribution is -2.30. The number of nitrogens with one attached hydrogen (secondary N) is 2. The standard InChI is InChI=1S/C25H26N2O6S/c1-16-9-13-20(14-10-16)27-34(30,31)23-15-19(12-11-17(23)2)25(29)33-18(3)24(28)26-21-7-5-6-8-22(21)32-4/h5-15,18,27H,1-4H3,(H,26,28)/t18-/m0/s1. The second-order valence-electron chi connectivity index (χ2n) is 7.69. The van der Waals surface area contributed by atoms with Crippen molar-refractivity contribution in [3.05, 3.63) is 83.4 Å². The topological polar surface area (TPSA) is 111 Å². The number of hydrogen-bond donors (Lipinski definition) is 2. The van der Waals surface area contributed by atoms with Crippen LogP contribution in [0.1, 0.15) is 28.4 Å². The molecular formula is C25H26N2O6S. The number of sulfonamides is 1. The van der Waals surface area contributed by atoms with Crippen molar-refractivity contribution >= 4 is 33.3 Å². The van der Waals surface area contributed by atoms with E-state index in [0.717, 1.165) is 5.56 Å². The summed E-state index contributed by atoms with van der Waals surface area (Å²) in [5.74, 6) is -0.919. The van der Waals surface area contributed by atoms with Gasteiger partial charge in [0.1, 0.15) is 5.75 Å². The fraction of sp³-hybridized carbons (Fsp3) is 0.200. The van der Waals surface area contributed by atoms with Crippen molar-refractivity contribution in [3.63, 3.8) is 0 Å². The summed E-state index contributed by atoms with van der Waals surface area (Å²) in [6.45, 7) is 4.95. The summed E-state index contributed by atoms with van der Waals surface area (Å²) in [4.78, 5) is 25.1. The van der Waals surface area contributed by atoms with Gasteiger partial charge in [0.2, 0.25) is 0 Å². The summed E-state index contributed by atoms with van der Waals surface area (Å²) in [5, 5.41) is 2.65. The van der Waals surface area contributed by atoms with Crippen molar-refractivity contribution in [2.75, 3.05) is 17.1 Å². The Bertz CT molecular complexity index is 1300. The van der Waals surface area contributed by atoms with Crippen LogP contribution in [0.3, 0.4) is 0 Å². The molecule has 0 aliphatic rings. The van der Waals surface area contributed by atoms with Gasteiger partial charge in [-0.25, -0.2) is 13.2 Å². The molecule has 34 heavy (non-hydrogen) atoms. The summed E-state index contributed by atoms with van der Waals surface area (Å²) < 4.78 is 38.9. The first-order chi connectivity index (χ1) is 16.1. The number of aryl methyl sites for hydroxylation is 2. The maximum Gasteiger partial charge on any atom is 0.338 e. The van der Waals surface area contributed by atoms with Crippen LogP contribution in [0.2, 0.25) is 0 Å². The van der Waals surface area contributed by atoms with Crippen LogP contribution in [0.15, 0.2) is 71.6 Å². The van der Waals surface area contributed by atoms with Crippen LogP contribution in [0.4, 0.5) is 11.4 Å². The maximum atomic E-state index is 12.9. The molecule has 0 aliphatic heterocycles. The zero-order valence-electron chi connectivity index (χ0n) is 19.3. The van der Waals surface area contributed by atoms with Crippen LogP contribution >= 0.6 is 0 Å². The molecule has 0 radical (unpaired) electrons. The van der Waals surface area contributed by atoms with E-state index in [4.69, 9.17) is 9.47 Å². The van der Waals surface area contributed by atoms with Gasteiger partial charge in [-0.3, -0.25) is 9.52 Å². The first kappa shape index (κ1) is 24.8. The molecule has 3 aromatic rings. The third-order valence-corrected chi connectivity index (χ3v) is 6.56. The molecule has 0 aliphatic carbocycles. The van der Waals surface area contributed by atoms with Gasteiger partial charge in [0, 0.05) is 5.69 Å². The molecule has 0 bridgehead atoms. The molecule has 3 rings (SSSR count). The molecule has 0 saturated carbocycles. The van der Waals surface area contributed by atoms with Gasteiger partial charge in [-0.1, -0.05) is 35.9 Å². The van der Waals surface area contributed by atoms with Crippen LogP contribution < -0.4 is 14.8 Å². The van der Waals surface area contributed by atoms with E-state index in [9.17, 15) is 18.0 Å². The minimum atomic E-state index is -3.96. The molecule has 0 aromatic heterocycles. The first-order valence-corrected chi connectivity index (χ1v) is 11.9. The van der Waals surface area contributed by atoms with Crippen molar-refractivity contribution in [3.8, 4) is 5.75 Å². The minimum Gasteiger partial charge on any atom is -0.495 e. The Kier molecular flexibility index (Phi) is 7.57. The quantitative estimate of drug-likeness (QED) is 0.463. The van der Waals surface area contributed by atoms with Gasteiger partial charge in [-0.15, -0.1) is 0 Å². The van der Waals surface area contributed by atoms with E-state index in [2.05, 4.69) is 10.0 Å². The second kappa shape index (κ2) is 10.4. The van der Waals surface area contributed by atoms with Gasteiger partial charge in [-0.05, 0) is 62.7 Å². The number of methoxy groups -OCH3 is 1. The van der Waals surface area contributed by atoms with Crippen LogP contribution in [0.5, 0.6) is 5.75 Å². The van der Waals surface area contributed by atoms with Crippen molar-refractivity contribution in [2.24, 2.45) is 0 Å². The Morgan fingerprint density at radius 2 is 1.62 bits per heavy atom. The molecule has 9 heteroatoms. The predicted octanol–water partition coefficient (Wildman–Crippen LogP) is 4.30. The number of anilines is 2. The lowest BCUT2D eigenvalue weighted by Gasteiger charge is -2.16. The molecule has 0 spiro atoms. The number of rotatable bonds is 8. The maximum absolute atomic E-state index is 12.9. The van der Waals surface area contributed by atoms with Crippen LogP contribution in [-0.4, -0.2) is 33.5 Å². The molecule has 1 atom stereocenters. The SMILES string of the molecule is COc1ccccc1NC(=O)[C@H](C)OC(=O)c1ccc(C)c(S(=O)(=O)Nc2ccc(C)cc2)c1. The summed E-state index contributed by atoms with van der Waals surface area (Å²) in [7, 11) is -2.48. The Morgan fingerprint density at radius 1 is 0.941 bits per heavy atom. The fourth-order valence-electron chi connectivity index (χ4n) is 3.11. The molecule has 0 fully saturated rings. The number of hydrogen-bond acceptors (Lipinski definition) is 6. The van der Waals surface area contributed by atoms with Crippen molar-refractivity contribution in [2.45, 2.75) is 31.8 Å². The van der Waals surface area contributed by atoms with E-state index in [1.54, 1.807) is 55.5 Å². The zero-order valence-corrected chi connectivity index (χ0v) is 20.1. The van der Waals surface area contributed by atoms with Crippen molar-refractivity contribution in [1.82, 2.24) is 0 Å². The van der Waals surface area contributed by atoms with Gasteiger partial charge in [0.25, 0.3) is 15.9 Å². The number of amides is 1. The zero-order chi connectivity index (χ0) is 24.9. The van der Waals surface area contributed by atoms with Gasteiger partial charge in [0.15, 0.2) is 6.10 Å². The van der Waals surface area contributed by atoms with Crippen molar-refractivity contribution < 1.29 is 27.5 Å². The highest BCUT2D eigenvalue weighted by Gasteiger charge is 2.23. The van der Waals surface area contributed by atoms with Crippen LogP contribution in [-0.2, 0) is 19.6 Å². The summed E-state index contributed by atoms with van der Waals surface area (Å²) in [6.07, 6.45) is -1.13. The smallest absolute Gasteiger partial charge is 0.338 e. The van der Waals surface area contributed by atoms with Gasteiger partial charge < -0.3 is 14.8 Å². The Morgan fingerprint density at radius 3 is 2.29 bits per heavy atom. The molecule has 0 heterocycles. The number of carbonyl (C=O) groups is 2. The number of ether oxygens (including phenoxy) is 2. The molecule has 178 valence electrons. The van der Waals surface area contributed by atoms with E-state index < -0.39 is 28.0 Å². The van der Waals surface area contributed by atoms with Gasteiger partial charge in [-0.2, -0.15) is 0 Å². The molecule has 3 aromatic carbocycles. The molecule has 2 N–H and O–H groups in total. The lowest BCUT2D eigenvalue weighted by atomic mass is 10.1. The van der Waals surface area contributed by atoms with Gasteiger partial charge in [0.05, 0.1) is 23.3 Å². The van der Waals surface area contributed by atoms with E-state index >= 15 is 0 Å². The normalized spacial score (nSPS) is 11.9. The molecular weight excluding hydrogens is 456 g/mol. The summed E-state index contributed by atoms with van der Waals surface area (Å²) in [6, 6.07) is 17.9. The van der Waals surface area contributed by atoms with Crippen LogP contribution in [0, 0.1) is 13.8 Å². The molecule has 8 nitrogen and oxygen atoms in total. The Labute approximate surface area is 199 Å². The number of benzene rings is 3. The monoisotopic (exact) mass is 482 g/mol. The highest BCUT2D eigenvalue weighted by Crippen LogP contribution is 2.24. The number of esters is 1. The molecule has 1 amide bonds. The Balaban J connectivity index is 1.74. The summed E-state index contributed by atoms with van der Waals surface area (Å²) in [5.41, 5.74) is 2.29. The van der Waals surface area contributed by atoms with E-state index in [1.165, 1.54) is 32.2 Å². The third kappa shape index (κ3) is 5.93. The van der Waals surface area contributed by atoms with Crippen molar-refractivity contribution in [1.29, 1.82) is 0 Å². The van der Waals surface area contributed by atoms with Gasteiger partial charge >= 0.3 is 5.97 Å². The Hall–Kier alpha value is -3.85.